The average Bonchev–Trinajstić information content (AvgIpc) is 2.66. The number of hydrogen-bond acceptors (Lipinski definition) is 5. The first-order valence-electron chi connectivity index (χ1n) is 9.33. The number of rotatable bonds is 10. The van der Waals surface area contributed by atoms with Crippen molar-refractivity contribution in [2.75, 3.05) is 52.7 Å². The van der Waals surface area contributed by atoms with Crippen molar-refractivity contribution in [2.45, 2.75) is 32.1 Å². The Bertz CT molecular complexity index is 504. The van der Waals surface area contributed by atoms with E-state index in [0.717, 1.165) is 44.6 Å². The Morgan fingerprint density at radius 2 is 1.65 bits per heavy atom. The number of nitrogens with zero attached hydrogens (tertiary/aromatic N) is 1. The van der Waals surface area contributed by atoms with Crippen LogP contribution in [0, 0.1) is 0 Å². The van der Waals surface area contributed by atoms with Gasteiger partial charge in [-0.25, -0.2) is 0 Å². The molecule has 148 valence electrons. The third-order valence-corrected chi connectivity index (χ3v) is 4.83. The number of ether oxygens (including phenoxy) is 3. The molecule has 1 aliphatic heterocycles. The molecule has 1 saturated heterocycles. The SMILES string of the molecule is CCOCCOCCN1CCC(C(=O)OCC)(c2ccccc2)CC1.Cl. The maximum atomic E-state index is 12.7. The van der Waals surface area contributed by atoms with Crippen molar-refractivity contribution in [2.24, 2.45) is 0 Å². The van der Waals surface area contributed by atoms with Crippen LogP contribution in [0.2, 0.25) is 0 Å². The summed E-state index contributed by atoms with van der Waals surface area (Å²) >= 11 is 0. The van der Waals surface area contributed by atoms with Crippen molar-refractivity contribution in [1.29, 1.82) is 0 Å². The smallest absolute Gasteiger partial charge is 0.316 e. The molecule has 0 atom stereocenters. The zero-order valence-corrected chi connectivity index (χ0v) is 16.8. The van der Waals surface area contributed by atoms with Crippen LogP contribution in [0.3, 0.4) is 0 Å². The summed E-state index contributed by atoms with van der Waals surface area (Å²) < 4.78 is 16.3. The van der Waals surface area contributed by atoms with Crippen LogP contribution < -0.4 is 0 Å². The number of carbonyl (C=O) groups is 1. The quantitative estimate of drug-likeness (QED) is 0.457. The topological polar surface area (TPSA) is 48.0 Å². The molecule has 0 saturated carbocycles. The number of carbonyl (C=O) groups excluding carboxylic acids is 1. The Morgan fingerprint density at radius 1 is 1.00 bits per heavy atom. The lowest BCUT2D eigenvalue weighted by atomic mass is 9.72. The molecule has 26 heavy (non-hydrogen) atoms. The Hall–Kier alpha value is -1.14. The van der Waals surface area contributed by atoms with E-state index in [0.29, 0.717) is 26.4 Å². The first kappa shape index (κ1) is 22.9. The van der Waals surface area contributed by atoms with Crippen LogP contribution in [0.4, 0.5) is 0 Å². The summed E-state index contributed by atoms with van der Waals surface area (Å²) in [6.45, 7) is 9.63. The summed E-state index contributed by atoms with van der Waals surface area (Å²) in [5.74, 6) is -0.0891. The second-order valence-corrected chi connectivity index (χ2v) is 6.32. The van der Waals surface area contributed by atoms with Gasteiger partial charge in [0.2, 0.25) is 0 Å². The molecular weight excluding hydrogens is 354 g/mol. The van der Waals surface area contributed by atoms with Gasteiger partial charge in [0.15, 0.2) is 0 Å². The number of hydrogen-bond donors (Lipinski definition) is 0. The summed E-state index contributed by atoms with van der Waals surface area (Å²) in [6.07, 6.45) is 1.57. The third-order valence-electron chi connectivity index (χ3n) is 4.83. The predicted molar refractivity (Wildman–Crippen MR) is 105 cm³/mol. The predicted octanol–water partition coefficient (Wildman–Crippen LogP) is 3.06. The van der Waals surface area contributed by atoms with Crippen LogP contribution >= 0.6 is 12.4 Å². The van der Waals surface area contributed by atoms with E-state index >= 15 is 0 Å². The highest BCUT2D eigenvalue weighted by molar-refractivity contribution is 5.85. The van der Waals surface area contributed by atoms with Gasteiger partial charge in [0.1, 0.15) is 0 Å². The second-order valence-electron chi connectivity index (χ2n) is 6.32. The lowest BCUT2D eigenvalue weighted by Gasteiger charge is -2.40. The van der Waals surface area contributed by atoms with E-state index in [4.69, 9.17) is 14.2 Å². The molecule has 0 aromatic heterocycles. The van der Waals surface area contributed by atoms with E-state index in [9.17, 15) is 4.79 Å². The van der Waals surface area contributed by atoms with Crippen LogP contribution in [-0.2, 0) is 24.4 Å². The second kappa shape index (κ2) is 12.3. The Labute approximate surface area is 163 Å². The van der Waals surface area contributed by atoms with Gasteiger partial charge in [-0.2, -0.15) is 0 Å². The minimum Gasteiger partial charge on any atom is -0.465 e. The maximum Gasteiger partial charge on any atom is 0.316 e. The average molecular weight is 386 g/mol. The zero-order chi connectivity index (χ0) is 18.0. The fourth-order valence-electron chi connectivity index (χ4n) is 3.35. The molecule has 0 aliphatic carbocycles. The van der Waals surface area contributed by atoms with Gasteiger partial charge >= 0.3 is 5.97 Å². The van der Waals surface area contributed by atoms with E-state index < -0.39 is 5.41 Å². The normalized spacial score (nSPS) is 16.7. The zero-order valence-electron chi connectivity index (χ0n) is 15.9. The first-order chi connectivity index (χ1) is 12.2. The minimum absolute atomic E-state index is 0. The Balaban J connectivity index is 0.00000338. The number of benzene rings is 1. The largest absolute Gasteiger partial charge is 0.465 e. The number of esters is 1. The van der Waals surface area contributed by atoms with Crippen LogP contribution in [-0.4, -0.2) is 63.5 Å². The van der Waals surface area contributed by atoms with E-state index in [2.05, 4.69) is 4.90 Å². The minimum atomic E-state index is -0.510. The lowest BCUT2D eigenvalue weighted by Crippen LogP contribution is -2.48. The van der Waals surface area contributed by atoms with E-state index in [1.807, 2.05) is 44.2 Å². The molecule has 0 spiro atoms. The molecule has 0 unspecified atom stereocenters. The van der Waals surface area contributed by atoms with Gasteiger partial charge < -0.3 is 19.1 Å². The fraction of sp³-hybridized carbons (Fsp3) is 0.650. The Kier molecular flexibility index (Phi) is 10.8. The summed E-state index contributed by atoms with van der Waals surface area (Å²) in [5, 5.41) is 0. The van der Waals surface area contributed by atoms with Gasteiger partial charge in [-0.3, -0.25) is 4.79 Å². The lowest BCUT2D eigenvalue weighted by molar-refractivity contribution is -0.152. The van der Waals surface area contributed by atoms with Crippen molar-refractivity contribution >= 4 is 18.4 Å². The molecule has 1 aromatic carbocycles. The summed E-state index contributed by atoms with van der Waals surface area (Å²) in [5.41, 5.74) is 0.560. The van der Waals surface area contributed by atoms with Crippen molar-refractivity contribution in [3.63, 3.8) is 0 Å². The molecule has 0 radical (unpaired) electrons. The monoisotopic (exact) mass is 385 g/mol. The van der Waals surface area contributed by atoms with Crippen molar-refractivity contribution in [3.05, 3.63) is 35.9 Å². The Morgan fingerprint density at radius 3 is 2.27 bits per heavy atom. The molecule has 6 heteroatoms. The molecule has 1 heterocycles. The van der Waals surface area contributed by atoms with Gasteiger partial charge in [-0.05, 0) is 45.3 Å². The molecule has 0 N–H and O–H groups in total. The van der Waals surface area contributed by atoms with Crippen molar-refractivity contribution < 1.29 is 19.0 Å². The van der Waals surface area contributed by atoms with Gasteiger partial charge in [-0.1, -0.05) is 30.3 Å². The van der Waals surface area contributed by atoms with Gasteiger partial charge in [-0.15, -0.1) is 12.4 Å². The molecule has 0 bridgehead atoms. The number of likely N-dealkylation sites (tertiary alicyclic amines) is 1. The molecule has 1 aliphatic rings. The van der Waals surface area contributed by atoms with Crippen LogP contribution in [0.15, 0.2) is 30.3 Å². The number of halogens is 1. The molecule has 0 amide bonds. The van der Waals surface area contributed by atoms with Crippen molar-refractivity contribution in [1.82, 2.24) is 4.90 Å². The standard InChI is InChI=1S/C20H31NO4.ClH/c1-3-23-16-17-24-15-14-21-12-10-20(11-13-21,19(22)25-4-2)18-8-6-5-7-9-18;/h5-9H,3-4,10-17H2,1-2H3;1H. The fourth-order valence-corrected chi connectivity index (χ4v) is 3.35. The summed E-state index contributed by atoms with van der Waals surface area (Å²) in [6, 6.07) is 10.1. The van der Waals surface area contributed by atoms with Crippen LogP contribution in [0.5, 0.6) is 0 Å². The third kappa shape index (κ3) is 6.23. The maximum absolute atomic E-state index is 12.7. The summed E-state index contributed by atoms with van der Waals surface area (Å²) in [7, 11) is 0. The molecule has 5 nitrogen and oxygen atoms in total. The van der Waals surface area contributed by atoms with E-state index in [-0.39, 0.29) is 18.4 Å². The van der Waals surface area contributed by atoms with Crippen LogP contribution in [0.25, 0.3) is 0 Å². The van der Waals surface area contributed by atoms with Crippen molar-refractivity contribution in [3.8, 4) is 0 Å². The number of piperidine rings is 1. The van der Waals surface area contributed by atoms with Gasteiger partial charge in [0.05, 0.1) is 31.8 Å². The first-order valence-corrected chi connectivity index (χ1v) is 9.33. The highest BCUT2D eigenvalue weighted by Gasteiger charge is 2.43. The molecule has 2 rings (SSSR count). The summed E-state index contributed by atoms with van der Waals surface area (Å²) in [4.78, 5) is 15.1. The molecule has 1 aromatic rings. The highest BCUT2D eigenvalue weighted by Crippen LogP contribution is 2.36. The van der Waals surface area contributed by atoms with Gasteiger partial charge in [0.25, 0.3) is 0 Å². The highest BCUT2D eigenvalue weighted by atomic mass is 35.5. The molecular formula is C20H32ClNO4. The van der Waals surface area contributed by atoms with Gasteiger partial charge in [0, 0.05) is 13.2 Å². The van der Waals surface area contributed by atoms with E-state index in [1.54, 1.807) is 0 Å². The molecule has 1 fully saturated rings. The van der Waals surface area contributed by atoms with E-state index in [1.165, 1.54) is 0 Å². The van der Waals surface area contributed by atoms with Crippen LogP contribution in [0.1, 0.15) is 32.3 Å².